The van der Waals surface area contributed by atoms with Crippen molar-refractivity contribution in [3.8, 4) is 0 Å². The standard InChI is InChI=1S/C14H21NO/c1-5-12-6-8-13(9-7-12)14(10(2)3)15-11(4)16/h6-10,14H,5H2,1-4H3,(H,15,16). The summed E-state index contributed by atoms with van der Waals surface area (Å²) in [6.07, 6.45) is 1.05. The highest BCUT2D eigenvalue weighted by atomic mass is 16.1. The molecule has 16 heavy (non-hydrogen) atoms. The number of hydrogen-bond donors (Lipinski definition) is 1. The topological polar surface area (TPSA) is 29.1 Å². The number of rotatable bonds is 4. The van der Waals surface area contributed by atoms with E-state index in [1.807, 2.05) is 0 Å². The highest BCUT2D eigenvalue weighted by molar-refractivity contribution is 5.73. The Balaban J connectivity index is 2.88. The molecule has 0 aromatic heterocycles. The van der Waals surface area contributed by atoms with Gasteiger partial charge in [0.15, 0.2) is 0 Å². The van der Waals surface area contributed by atoms with Gasteiger partial charge in [0.1, 0.15) is 0 Å². The average Bonchev–Trinajstić information content (AvgIpc) is 2.25. The van der Waals surface area contributed by atoms with Gasteiger partial charge < -0.3 is 5.32 Å². The molecule has 0 heterocycles. The SMILES string of the molecule is CCc1ccc(C(NC(C)=O)C(C)C)cc1. The monoisotopic (exact) mass is 219 g/mol. The summed E-state index contributed by atoms with van der Waals surface area (Å²) in [6.45, 7) is 7.95. The molecule has 0 aliphatic heterocycles. The Hall–Kier alpha value is -1.31. The molecule has 2 heteroatoms. The Kier molecular flexibility index (Phi) is 4.53. The fourth-order valence-corrected chi connectivity index (χ4v) is 1.81. The lowest BCUT2D eigenvalue weighted by atomic mass is 9.95. The van der Waals surface area contributed by atoms with E-state index in [2.05, 4.69) is 50.4 Å². The molecular weight excluding hydrogens is 198 g/mol. The number of carbonyl (C=O) groups excluding carboxylic acids is 1. The van der Waals surface area contributed by atoms with Gasteiger partial charge in [-0.1, -0.05) is 45.0 Å². The van der Waals surface area contributed by atoms with Crippen LogP contribution >= 0.6 is 0 Å². The van der Waals surface area contributed by atoms with E-state index in [0.717, 1.165) is 6.42 Å². The van der Waals surface area contributed by atoms with Crippen LogP contribution in [0, 0.1) is 5.92 Å². The summed E-state index contributed by atoms with van der Waals surface area (Å²) in [5.41, 5.74) is 2.51. The molecule has 1 aromatic rings. The van der Waals surface area contributed by atoms with Crippen LogP contribution in [0.1, 0.15) is 44.9 Å². The third-order valence-corrected chi connectivity index (χ3v) is 2.77. The zero-order valence-corrected chi connectivity index (χ0v) is 10.6. The van der Waals surface area contributed by atoms with Crippen LogP contribution in [0.25, 0.3) is 0 Å². The molecule has 1 N–H and O–H groups in total. The Labute approximate surface area is 98.1 Å². The van der Waals surface area contributed by atoms with Crippen molar-refractivity contribution < 1.29 is 4.79 Å². The molecule has 1 unspecified atom stereocenters. The van der Waals surface area contributed by atoms with Crippen LogP contribution in [0.4, 0.5) is 0 Å². The maximum Gasteiger partial charge on any atom is 0.217 e. The first-order chi connectivity index (χ1) is 7.54. The molecule has 0 radical (unpaired) electrons. The van der Waals surface area contributed by atoms with Crippen LogP contribution in [0.15, 0.2) is 24.3 Å². The van der Waals surface area contributed by atoms with E-state index < -0.39 is 0 Å². The second kappa shape index (κ2) is 5.69. The maximum atomic E-state index is 11.1. The van der Waals surface area contributed by atoms with Crippen molar-refractivity contribution in [2.24, 2.45) is 5.92 Å². The lowest BCUT2D eigenvalue weighted by molar-refractivity contribution is -0.120. The molecule has 0 aliphatic carbocycles. The van der Waals surface area contributed by atoms with E-state index in [4.69, 9.17) is 0 Å². The van der Waals surface area contributed by atoms with Gasteiger partial charge in [-0.2, -0.15) is 0 Å². The summed E-state index contributed by atoms with van der Waals surface area (Å²) in [7, 11) is 0. The highest BCUT2D eigenvalue weighted by Crippen LogP contribution is 2.22. The van der Waals surface area contributed by atoms with E-state index in [1.165, 1.54) is 11.1 Å². The van der Waals surface area contributed by atoms with Crippen molar-refractivity contribution in [3.63, 3.8) is 0 Å². The van der Waals surface area contributed by atoms with Gasteiger partial charge in [0.25, 0.3) is 0 Å². The normalized spacial score (nSPS) is 12.6. The van der Waals surface area contributed by atoms with Crippen molar-refractivity contribution in [3.05, 3.63) is 35.4 Å². The van der Waals surface area contributed by atoms with E-state index >= 15 is 0 Å². The fourth-order valence-electron chi connectivity index (χ4n) is 1.81. The van der Waals surface area contributed by atoms with Gasteiger partial charge in [-0.05, 0) is 23.5 Å². The van der Waals surface area contributed by atoms with E-state index in [0.29, 0.717) is 5.92 Å². The van der Waals surface area contributed by atoms with Crippen LogP contribution in [0.3, 0.4) is 0 Å². The minimum atomic E-state index is 0.0262. The van der Waals surface area contributed by atoms with Gasteiger partial charge in [0, 0.05) is 6.92 Å². The van der Waals surface area contributed by atoms with Crippen molar-refractivity contribution in [1.82, 2.24) is 5.32 Å². The molecule has 1 atom stereocenters. The molecular formula is C14H21NO. The Morgan fingerprint density at radius 1 is 1.25 bits per heavy atom. The minimum absolute atomic E-state index is 0.0262. The fraction of sp³-hybridized carbons (Fsp3) is 0.500. The third-order valence-electron chi connectivity index (χ3n) is 2.77. The summed E-state index contributed by atoms with van der Waals surface area (Å²) in [5.74, 6) is 0.426. The molecule has 0 bridgehead atoms. The van der Waals surface area contributed by atoms with Crippen LogP contribution in [-0.2, 0) is 11.2 Å². The number of hydrogen-bond acceptors (Lipinski definition) is 1. The number of carbonyl (C=O) groups is 1. The first kappa shape index (κ1) is 12.8. The molecule has 0 aliphatic rings. The van der Waals surface area contributed by atoms with E-state index in [9.17, 15) is 4.79 Å². The van der Waals surface area contributed by atoms with Crippen LogP contribution in [0.2, 0.25) is 0 Å². The lowest BCUT2D eigenvalue weighted by Gasteiger charge is -2.22. The summed E-state index contributed by atoms with van der Waals surface area (Å²) in [6, 6.07) is 8.60. The predicted molar refractivity (Wildman–Crippen MR) is 67.2 cm³/mol. The largest absolute Gasteiger partial charge is 0.349 e. The van der Waals surface area contributed by atoms with Gasteiger partial charge in [-0.25, -0.2) is 0 Å². The van der Waals surface area contributed by atoms with E-state index in [1.54, 1.807) is 6.92 Å². The predicted octanol–water partition coefficient (Wildman–Crippen LogP) is 3.08. The number of amides is 1. The van der Waals surface area contributed by atoms with Gasteiger partial charge in [0.05, 0.1) is 6.04 Å². The zero-order valence-electron chi connectivity index (χ0n) is 10.6. The molecule has 0 fully saturated rings. The van der Waals surface area contributed by atoms with Crippen molar-refractivity contribution in [1.29, 1.82) is 0 Å². The maximum absolute atomic E-state index is 11.1. The van der Waals surface area contributed by atoms with Gasteiger partial charge in [0.2, 0.25) is 5.91 Å². The van der Waals surface area contributed by atoms with Gasteiger partial charge >= 0.3 is 0 Å². The Morgan fingerprint density at radius 3 is 2.19 bits per heavy atom. The summed E-state index contributed by atoms with van der Waals surface area (Å²) in [5, 5.41) is 2.99. The van der Waals surface area contributed by atoms with Gasteiger partial charge in [-0.15, -0.1) is 0 Å². The van der Waals surface area contributed by atoms with Crippen molar-refractivity contribution in [2.75, 3.05) is 0 Å². The van der Waals surface area contributed by atoms with E-state index in [-0.39, 0.29) is 11.9 Å². The molecule has 1 rings (SSSR count). The third kappa shape index (κ3) is 3.37. The first-order valence-electron chi connectivity index (χ1n) is 5.90. The van der Waals surface area contributed by atoms with Crippen molar-refractivity contribution in [2.45, 2.75) is 40.2 Å². The lowest BCUT2D eigenvalue weighted by Crippen LogP contribution is -2.29. The molecule has 88 valence electrons. The molecule has 1 amide bonds. The summed E-state index contributed by atoms with van der Waals surface area (Å²) in [4.78, 5) is 11.1. The van der Waals surface area contributed by atoms with Crippen LogP contribution < -0.4 is 5.32 Å². The molecule has 0 spiro atoms. The highest BCUT2D eigenvalue weighted by Gasteiger charge is 2.16. The Bertz CT molecular complexity index is 340. The van der Waals surface area contributed by atoms with Crippen LogP contribution in [-0.4, -0.2) is 5.91 Å². The quantitative estimate of drug-likeness (QED) is 0.828. The second-order valence-corrected chi connectivity index (χ2v) is 4.52. The second-order valence-electron chi connectivity index (χ2n) is 4.52. The number of aryl methyl sites for hydroxylation is 1. The van der Waals surface area contributed by atoms with Crippen molar-refractivity contribution >= 4 is 5.91 Å². The summed E-state index contributed by atoms with van der Waals surface area (Å²) >= 11 is 0. The van der Waals surface area contributed by atoms with Crippen LogP contribution in [0.5, 0.6) is 0 Å². The number of benzene rings is 1. The summed E-state index contributed by atoms with van der Waals surface area (Å²) < 4.78 is 0. The zero-order chi connectivity index (χ0) is 12.1. The Morgan fingerprint density at radius 2 is 1.81 bits per heavy atom. The molecule has 1 aromatic carbocycles. The minimum Gasteiger partial charge on any atom is -0.349 e. The molecule has 0 saturated carbocycles. The van der Waals surface area contributed by atoms with Gasteiger partial charge in [-0.3, -0.25) is 4.79 Å². The smallest absolute Gasteiger partial charge is 0.217 e. The molecule has 0 saturated heterocycles. The molecule has 2 nitrogen and oxygen atoms in total. The number of nitrogens with one attached hydrogen (secondary N) is 1. The average molecular weight is 219 g/mol. The first-order valence-corrected chi connectivity index (χ1v) is 5.90.